The second kappa shape index (κ2) is 4.47. The van der Waals surface area contributed by atoms with Crippen LogP contribution >= 0.6 is 0 Å². The van der Waals surface area contributed by atoms with Crippen molar-refractivity contribution >= 4 is 11.6 Å². The highest BCUT2D eigenvalue weighted by Crippen LogP contribution is 2.29. The van der Waals surface area contributed by atoms with Gasteiger partial charge >= 0.3 is 0 Å². The molecule has 1 heterocycles. The van der Waals surface area contributed by atoms with Crippen LogP contribution in [0.5, 0.6) is 0 Å². The number of hydrogen-bond donors (Lipinski definition) is 2. The van der Waals surface area contributed by atoms with E-state index < -0.39 is 0 Å². The van der Waals surface area contributed by atoms with Gasteiger partial charge in [0, 0.05) is 17.5 Å². The molecule has 92 valence electrons. The van der Waals surface area contributed by atoms with Gasteiger partial charge in [0.05, 0.1) is 12.3 Å². The molecule has 0 saturated carbocycles. The number of benzene rings is 1. The maximum Gasteiger partial charge on any atom is 0.243 e. The van der Waals surface area contributed by atoms with Crippen molar-refractivity contribution in [1.29, 1.82) is 0 Å². The predicted octanol–water partition coefficient (Wildman–Crippen LogP) is 1.59. The smallest absolute Gasteiger partial charge is 0.243 e. The first-order valence-electron chi connectivity index (χ1n) is 5.89. The van der Waals surface area contributed by atoms with E-state index in [0.717, 1.165) is 17.7 Å². The Bertz CT molecular complexity index is 433. The minimum absolute atomic E-state index is 0.0512. The lowest BCUT2D eigenvalue weighted by Crippen LogP contribution is -2.44. The molecule has 0 spiro atoms. The van der Waals surface area contributed by atoms with Crippen molar-refractivity contribution in [3.8, 4) is 0 Å². The van der Waals surface area contributed by atoms with Crippen molar-refractivity contribution in [2.75, 3.05) is 5.01 Å². The van der Waals surface area contributed by atoms with Crippen LogP contribution < -0.4 is 10.4 Å². The molecule has 1 aromatic carbocycles. The van der Waals surface area contributed by atoms with Gasteiger partial charge in [-0.15, -0.1) is 0 Å². The number of aliphatic hydroxyl groups is 1. The van der Waals surface area contributed by atoms with Crippen LogP contribution in [-0.2, 0) is 11.4 Å². The first kappa shape index (κ1) is 12.1. The number of carbonyl (C=O) groups excluding carboxylic acids is 1. The normalized spacial score (nSPS) is 24.4. The van der Waals surface area contributed by atoms with E-state index in [-0.39, 0.29) is 18.1 Å². The van der Waals surface area contributed by atoms with E-state index in [4.69, 9.17) is 0 Å². The van der Waals surface area contributed by atoms with Gasteiger partial charge in [-0.3, -0.25) is 4.79 Å². The van der Waals surface area contributed by atoms with Crippen molar-refractivity contribution in [2.24, 2.45) is 0 Å². The van der Waals surface area contributed by atoms with Crippen molar-refractivity contribution in [2.45, 2.75) is 38.8 Å². The lowest BCUT2D eigenvalue weighted by molar-refractivity contribution is -0.117. The van der Waals surface area contributed by atoms with E-state index in [2.05, 4.69) is 12.3 Å². The second-order valence-corrected chi connectivity index (χ2v) is 4.72. The SMILES string of the molecule is CCC1(C)CC(=O)N(c2ccccc2CO)N1. The van der Waals surface area contributed by atoms with Crippen LogP contribution in [0.15, 0.2) is 24.3 Å². The number of anilines is 1. The number of para-hydroxylation sites is 1. The van der Waals surface area contributed by atoms with Gasteiger partial charge in [0.15, 0.2) is 0 Å². The van der Waals surface area contributed by atoms with Gasteiger partial charge in [-0.25, -0.2) is 10.4 Å². The molecule has 1 saturated heterocycles. The Morgan fingerprint density at radius 1 is 1.47 bits per heavy atom. The summed E-state index contributed by atoms with van der Waals surface area (Å²) in [6.07, 6.45) is 1.37. The summed E-state index contributed by atoms with van der Waals surface area (Å²) in [6, 6.07) is 7.39. The minimum Gasteiger partial charge on any atom is -0.392 e. The molecule has 0 aliphatic carbocycles. The number of nitrogens with one attached hydrogen (secondary N) is 1. The number of nitrogens with zero attached hydrogens (tertiary/aromatic N) is 1. The summed E-state index contributed by atoms with van der Waals surface area (Å²) in [5, 5.41) is 10.9. The highest BCUT2D eigenvalue weighted by Gasteiger charge is 2.38. The fourth-order valence-electron chi connectivity index (χ4n) is 2.05. The summed E-state index contributed by atoms with van der Waals surface area (Å²) in [5.41, 5.74) is 4.56. The fourth-order valence-corrected chi connectivity index (χ4v) is 2.05. The summed E-state index contributed by atoms with van der Waals surface area (Å²) in [6.45, 7) is 4.03. The number of rotatable bonds is 3. The largest absolute Gasteiger partial charge is 0.392 e. The zero-order chi connectivity index (χ0) is 12.5. The van der Waals surface area contributed by atoms with Crippen LogP contribution in [0, 0.1) is 0 Å². The average Bonchev–Trinajstić information content (AvgIpc) is 2.65. The molecule has 0 aromatic heterocycles. The van der Waals surface area contributed by atoms with Crippen LogP contribution in [0.4, 0.5) is 5.69 Å². The first-order chi connectivity index (χ1) is 8.09. The third kappa shape index (κ3) is 2.18. The summed E-state index contributed by atoms with van der Waals surface area (Å²) in [4.78, 5) is 12.0. The molecule has 0 bridgehead atoms. The standard InChI is InChI=1S/C13H18N2O2/c1-3-13(2)8-12(17)15(14-13)11-7-5-4-6-10(11)9-16/h4-7,14,16H,3,8-9H2,1-2H3. The van der Waals surface area contributed by atoms with Gasteiger partial charge in [-0.1, -0.05) is 25.1 Å². The number of hydrazine groups is 1. The second-order valence-electron chi connectivity index (χ2n) is 4.72. The lowest BCUT2D eigenvalue weighted by Gasteiger charge is -2.25. The van der Waals surface area contributed by atoms with Gasteiger partial charge in [0.1, 0.15) is 0 Å². The minimum atomic E-state index is -0.181. The quantitative estimate of drug-likeness (QED) is 0.835. The van der Waals surface area contributed by atoms with Crippen LogP contribution in [0.3, 0.4) is 0 Å². The monoisotopic (exact) mass is 234 g/mol. The Hall–Kier alpha value is -1.39. The molecule has 1 aliphatic heterocycles. The maximum atomic E-state index is 12.0. The van der Waals surface area contributed by atoms with Crippen LogP contribution in [0.1, 0.15) is 32.3 Å². The van der Waals surface area contributed by atoms with Crippen molar-refractivity contribution in [3.05, 3.63) is 29.8 Å². The molecule has 4 heteroatoms. The van der Waals surface area contributed by atoms with E-state index in [1.165, 1.54) is 0 Å². The highest BCUT2D eigenvalue weighted by molar-refractivity contribution is 5.96. The fraction of sp³-hybridized carbons (Fsp3) is 0.462. The molecule has 1 fully saturated rings. The molecule has 0 radical (unpaired) electrons. The Balaban J connectivity index is 2.32. The molecule has 2 N–H and O–H groups in total. The van der Waals surface area contributed by atoms with Gasteiger partial charge in [0.2, 0.25) is 5.91 Å². The summed E-state index contributed by atoms with van der Waals surface area (Å²) < 4.78 is 0. The Labute approximate surface area is 101 Å². The van der Waals surface area contributed by atoms with E-state index in [0.29, 0.717) is 6.42 Å². The molecule has 4 nitrogen and oxygen atoms in total. The summed E-state index contributed by atoms with van der Waals surface area (Å²) in [7, 11) is 0. The Kier molecular flexibility index (Phi) is 3.17. The average molecular weight is 234 g/mol. The molecule has 1 amide bonds. The van der Waals surface area contributed by atoms with Gasteiger partial charge in [0.25, 0.3) is 0 Å². The zero-order valence-electron chi connectivity index (χ0n) is 10.2. The summed E-state index contributed by atoms with van der Waals surface area (Å²) in [5.74, 6) is 0.0512. The van der Waals surface area contributed by atoms with E-state index in [9.17, 15) is 9.90 Å². The molecular weight excluding hydrogens is 216 g/mol. The van der Waals surface area contributed by atoms with E-state index in [1.807, 2.05) is 31.2 Å². The molecule has 2 rings (SSSR count). The number of hydrogen-bond acceptors (Lipinski definition) is 3. The third-order valence-electron chi connectivity index (χ3n) is 3.36. The molecule has 17 heavy (non-hydrogen) atoms. The Morgan fingerprint density at radius 2 is 2.18 bits per heavy atom. The maximum absolute atomic E-state index is 12.0. The topological polar surface area (TPSA) is 52.6 Å². The summed E-state index contributed by atoms with van der Waals surface area (Å²) >= 11 is 0. The highest BCUT2D eigenvalue weighted by atomic mass is 16.3. The first-order valence-corrected chi connectivity index (χ1v) is 5.89. The van der Waals surface area contributed by atoms with E-state index in [1.54, 1.807) is 5.01 Å². The zero-order valence-corrected chi connectivity index (χ0v) is 10.2. The van der Waals surface area contributed by atoms with Crippen LogP contribution in [0.25, 0.3) is 0 Å². The van der Waals surface area contributed by atoms with Gasteiger partial charge in [-0.2, -0.15) is 0 Å². The Morgan fingerprint density at radius 3 is 2.76 bits per heavy atom. The third-order valence-corrected chi connectivity index (χ3v) is 3.36. The molecule has 1 atom stereocenters. The van der Waals surface area contributed by atoms with Crippen molar-refractivity contribution < 1.29 is 9.90 Å². The predicted molar refractivity (Wildman–Crippen MR) is 66.3 cm³/mol. The van der Waals surface area contributed by atoms with Gasteiger partial charge in [-0.05, 0) is 19.4 Å². The van der Waals surface area contributed by atoms with Crippen LogP contribution in [0.2, 0.25) is 0 Å². The molecular formula is C13H18N2O2. The molecule has 1 unspecified atom stereocenters. The number of aliphatic hydroxyl groups excluding tert-OH is 1. The lowest BCUT2D eigenvalue weighted by atomic mass is 9.97. The number of carbonyl (C=O) groups is 1. The molecule has 1 aliphatic rings. The van der Waals surface area contributed by atoms with Crippen molar-refractivity contribution in [1.82, 2.24) is 5.43 Å². The van der Waals surface area contributed by atoms with E-state index >= 15 is 0 Å². The van der Waals surface area contributed by atoms with Crippen LogP contribution in [-0.4, -0.2) is 16.6 Å². The number of amides is 1. The van der Waals surface area contributed by atoms with Crippen molar-refractivity contribution in [3.63, 3.8) is 0 Å². The van der Waals surface area contributed by atoms with Gasteiger partial charge < -0.3 is 5.11 Å². The molecule has 1 aromatic rings.